The third kappa shape index (κ3) is 1.39. The van der Waals surface area contributed by atoms with Crippen molar-refractivity contribution in [3.8, 4) is 0 Å². The van der Waals surface area contributed by atoms with E-state index >= 15 is 0 Å². The van der Waals surface area contributed by atoms with Crippen LogP contribution in [-0.2, 0) is 4.79 Å². The summed E-state index contributed by atoms with van der Waals surface area (Å²) in [6.07, 6.45) is 1.77. The Hall–Kier alpha value is -1.49. The van der Waals surface area contributed by atoms with Gasteiger partial charge in [0.2, 0.25) is 0 Å². The standard InChI is InChI=1S/C10H11N3OS/c1-2-15-8-6-4-3-5-13(6)9(11)7(8)10(12)14/h3-5,11H,2H2,1H3,(H2,12,14). The lowest BCUT2D eigenvalue weighted by atomic mass is 10.2. The maximum Gasteiger partial charge on any atom is 0.253 e. The molecule has 0 aromatic carbocycles. The fourth-order valence-electron chi connectivity index (χ4n) is 1.64. The molecule has 0 aliphatic carbocycles. The van der Waals surface area contributed by atoms with E-state index in [2.05, 4.69) is 0 Å². The van der Waals surface area contributed by atoms with Gasteiger partial charge in [0.1, 0.15) is 5.84 Å². The van der Waals surface area contributed by atoms with Crippen molar-refractivity contribution in [2.24, 2.45) is 5.73 Å². The number of nitrogens with one attached hydrogen (secondary N) is 1. The van der Waals surface area contributed by atoms with Crippen molar-refractivity contribution in [2.45, 2.75) is 6.92 Å². The second kappa shape index (κ2) is 3.58. The average Bonchev–Trinajstić information content (AvgIpc) is 2.71. The number of thioether (sulfide) groups is 1. The summed E-state index contributed by atoms with van der Waals surface area (Å²) in [5.41, 5.74) is 6.50. The molecule has 0 saturated carbocycles. The molecule has 1 aliphatic rings. The number of primary amides is 1. The Balaban J connectivity index is 2.58. The maximum absolute atomic E-state index is 11.3. The number of fused-ring (bicyclic) bond motifs is 1. The van der Waals surface area contributed by atoms with Gasteiger partial charge in [0.25, 0.3) is 5.91 Å². The number of amides is 1. The zero-order valence-electron chi connectivity index (χ0n) is 8.28. The molecule has 78 valence electrons. The minimum atomic E-state index is -0.528. The number of carbonyl (C=O) groups excluding carboxylic acids is 1. The highest BCUT2D eigenvalue weighted by molar-refractivity contribution is 8.08. The van der Waals surface area contributed by atoms with Gasteiger partial charge in [0.15, 0.2) is 0 Å². The smallest absolute Gasteiger partial charge is 0.253 e. The van der Waals surface area contributed by atoms with Gasteiger partial charge in [-0.05, 0) is 17.9 Å². The Bertz CT molecular complexity index is 473. The van der Waals surface area contributed by atoms with Gasteiger partial charge in [-0.25, -0.2) is 0 Å². The van der Waals surface area contributed by atoms with Gasteiger partial charge in [-0.2, -0.15) is 0 Å². The first-order valence-electron chi connectivity index (χ1n) is 4.60. The Labute approximate surface area is 91.7 Å². The molecule has 1 amide bonds. The fraction of sp³-hybridized carbons (Fsp3) is 0.200. The molecule has 0 unspecified atom stereocenters. The quantitative estimate of drug-likeness (QED) is 0.807. The molecule has 5 heteroatoms. The molecule has 0 spiro atoms. The van der Waals surface area contributed by atoms with Gasteiger partial charge in [0, 0.05) is 11.1 Å². The lowest BCUT2D eigenvalue weighted by molar-refractivity contribution is -0.114. The summed E-state index contributed by atoms with van der Waals surface area (Å²) in [7, 11) is 0. The summed E-state index contributed by atoms with van der Waals surface area (Å²) >= 11 is 1.54. The molecule has 0 radical (unpaired) electrons. The number of hydrogen-bond donors (Lipinski definition) is 2. The molecule has 4 nitrogen and oxygen atoms in total. The van der Waals surface area contributed by atoms with E-state index in [9.17, 15) is 4.79 Å². The molecule has 0 bridgehead atoms. The minimum absolute atomic E-state index is 0.179. The Morgan fingerprint density at radius 2 is 2.40 bits per heavy atom. The van der Waals surface area contributed by atoms with Crippen molar-refractivity contribution in [3.05, 3.63) is 29.6 Å². The Morgan fingerprint density at radius 1 is 1.67 bits per heavy atom. The van der Waals surface area contributed by atoms with Crippen molar-refractivity contribution >= 4 is 28.4 Å². The fourth-order valence-corrected chi connectivity index (χ4v) is 2.58. The van der Waals surface area contributed by atoms with Crippen molar-refractivity contribution in [3.63, 3.8) is 0 Å². The van der Waals surface area contributed by atoms with Crippen LogP contribution >= 0.6 is 11.8 Å². The monoisotopic (exact) mass is 221 g/mol. The van der Waals surface area contributed by atoms with E-state index in [4.69, 9.17) is 11.1 Å². The first-order valence-corrected chi connectivity index (χ1v) is 5.59. The summed E-state index contributed by atoms with van der Waals surface area (Å²) < 4.78 is 1.68. The lowest BCUT2D eigenvalue weighted by Crippen LogP contribution is -2.21. The average molecular weight is 221 g/mol. The minimum Gasteiger partial charge on any atom is -0.365 e. The zero-order valence-corrected chi connectivity index (χ0v) is 9.10. The van der Waals surface area contributed by atoms with Crippen LogP contribution in [0.3, 0.4) is 0 Å². The summed E-state index contributed by atoms with van der Waals surface area (Å²) in [6, 6.07) is 3.75. The van der Waals surface area contributed by atoms with Crippen molar-refractivity contribution in [2.75, 3.05) is 5.75 Å². The molecule has 1 aromatic rings. The van der Waals surface area contributed by atoms with E-state index in [1.54, 1.807) is 22.5 Å². The molecule has 2 rings (SSSR count). The van der Waals surface area contributed by atoms with Gasteiger partial charge in [-0.15, -0.1) is 11.8 Å². The predicted octanol–water partition coefficient (Wildman–Crippen LogP) is 1.28. The maximum atomic E-state index is 11.3. The van der Waals surface area contributed by atoms with E-state index < -0.39 is 5.91 Å². The molecule has 0 atom stereocenters. The van der Waals surface area contributed by atoms with Crippen LogP contribution in [0.25, 0.3) is 4.91 Å². The molecule has 0 saturated heterocycles. The molecule has 3 N–H and O–H groups in total. The number of rotatable bonds is 3. The van der Waals surface area contributed by atoms with Crippen molar-refractivity contribution in [1.29, 1.82) is 5.41 Å². The highest BCUT2D eigenvalue weighted by atomic mass is 32.2. The predicted molar refractivity (Wildman–Crippen MR) is 61.8 cm³/mol. The van der Waals surface area contributed by atoms with Crippen LogP contribution < -0.4 is 5.73 Å². The summed E-state index contributed by atoms with van der Waals surface area (Å²) in [5.74, 6) is 0.503. The molecular formula is C10H11N3OS. The van der Waals surface area contributed by atoms with E-state index in [1.807, 2.05) is 19.1 Å². The van der Waals surface area contributed by atoms with Crippen LogP contribution in [0.1, 0.15) is 12.6 Å². The number of carbonyl (C=O) groups is 1. The SMILES string of the molecule is CCSC1=C(C(N)=O)C(=N)n2cccc21. The molecule has 1 aromatic heterocycles. The van der Waals surface area contributed by atoms with Gasteiger partial charge in [0.05, 0.1) is 11.3 Å². The first-order chi connectivity index (χ1) is 7.16. The highest BCUT2D eigenvalue weighted by Gasteiger charge is 2.29. The summed E-state index contributed by atoms with van der Waals surface area (Å²) in [5, 5.41) is 7.83. The Kier molecular flexibility index (Phi) is 2.40. The third-order valence-corrected chi connectivity index (χ3v) is 3.21. The van der Waals surface area contributed by atoms with E-state index in [1.165, 1.54) is 0 Å². The largest absolute Gasteiger partial charge is 0.365 e. The van der Waals surface area contributed by atoms with Gasteiger partial charge >= 0.3 is 0 Å². The van der Waals surface area contributed by atoms with Crippen molar-refractivity contribution < 1.29 is 4.79 Å². The van der Waals surface area contributed by atoms with E-state index in [-0.39, 0.29) is 5.84 Å². The van der Waals surface area contributed by atoms with Crippen LogP contribution in [0.2, 0.25) is 0 Å². The van der Waals surface area contributed by atoms with Gasteiger partial charge in [-0.3, -0.25) is 10.2 Å². The van der Waals surface area contributed by atoms with Gasteiger partial charge in [-0.1, -0.05) is 6.92 Å². The molecule has 2 heterocycles. The number of hydrogen-bond acceptors (Lipinski definition) is 3. The normalized spacial score (nSPS) is 14.6. The molecular weight excluding hydrogens is 210 g/mol. The molecule has 0 fully saturated rings. The van der Waals surface area contributed by atoms with Crippen LogP contribution in [0.4, 0.5) is 0 Å². The Morgan fingerprint density at radius 3 is 3.00 bits per heavy atom. The molecule has 1 aliphatic heterocycles. The topological polar surface area (TPSA) is 71.9 Å². The lowest BCUT2D eigenvalue weighted by Gasteiger charge is -2.00. The van der Waals surface area contributed by atoms with Crippen LogP contribution in [0, 0.1) is 5.41 Å². The first kappa shape index (κ1) is 10.0. The van der Waals surface area contributed by atoms with Gasteiger partial charge < -0.3 is 10.3 Å². The highest BCUT2D eigenvalue weighted by Crippen LogP contribution is 2.36. The second-order valence-corrected chi connectivity index (χ2v) is 4.39. The number of nitrogens with zero attached hydrogens (tertiary/aromatic N) is 1. The third-order valence-electron chi connectivity index (χ3n) is 2.22. The number of nitrogens with two attached hydrogens (primary N) is 1. The number of aromatic nitrogens is 1. The van der Waals surface area contributed by atoms with E-state index in [0.29, 0.717) is 5.57 Å². The van der Waals surface area contributed by atoms with Crippen molar-refractivity contribution in [1.82, 2.24) is 4.57 Å². The summed E-state index contributed by atoms with van der Waals surface area (Å²) in [6.45, 7) is 2.01. The summed E-state index contributed by atoms with van der Waals surface area (Å²) in [4.78, 5) is 12.1. The second-order valence-electron chi connectivity index (χ2n) is 3.11. The molecule has 15 heavy (non-hydrogen) atoms. The van der Waals surface area contributed by atoms with Crippen LogP contribution in [0.5, 0.6) is 0 Å². The van der Waals surface area contributed by atoms with Crippen LogP contribution in [0.15, 0.2) is 23.9 Å². The van der Waals surface area contributed by atoms with E-state index in [0.717, 1.165) is 16.4 Å². The zero-order chi connectivity index (χ0) is 11.0. The van der Waals surface area contributed by atoms with Crippen LogP contribution in [-0.4, -0.2) is 22.1 Å².